The molecule has 0 saturated heterocycles. The SMILES string of the molecule is C=CC(=O)N1CCc2cc(OC)c(OC)cc2[C@]12CC[C@@H](C(=O)O)CC2. The molecule has 1 amide bonds. The number of carboxylic acids is 1. The molecule has 26 heavy (non-hydrogen) atoms. The number of hydrogen-bond acceptors (Lipinski definition) is 4. The Kier molecular flexibility index (Phi) is 4.94. The molecule has 1 aromatic rings. The van der Waals surface area contributed by atoms with E-state index in [0.29, 0.717) is 43.7 Å². The van der Waals surface area contributed by atoms with E-state index in [1.165, 1.54) is 6.08 Å². The molecule has 1 aliphatic carbocycles. The van der Waals surface area contributed by atoms with Crippen molar-refractivity contribution >= 4 is 11.9 Å². The summed E-state index contributed by atoms with van der Waals surface area (Å²) in [6, 6.07) is 3.94. The van der Waals surface area contributed by atoms with Crippen LogP contribution in [0.15, 0.2) is 24.8 Å². The zero-order chi connectivity index (χ0) is 18.9. The third kappa shape index (κ3) is 2.83. The average Bonchev–Trinajstić information content (AvgIpc) is 2.67. The van der Waals surface area contributed by atoms with Gasteiger partial charge in [-0.05, 0) is 61.4 Å². The highest BCUT2D eigenvalue weighted by Crippen LogP contribution is 2.50. The maximum atomic E-state index is 12.6. The van der Waals surface area contributed by atoms with Gasteiger partial charge < -0.3 is 19.5 Å². The Morgan fingerprint density at radius 2 is 1.85 bits per heavy atom. The van der Waals surface area contributed by atoms with Crippen LogP contribution in [0.5, 0.6) is 11.5 Å². The molecule has 3 rings (SSSR count). The van der Waals surface area contributed by atoms with Gasteiger partial charge in [0.15, 0.2) is 11.5 Å². The second-order valence-corrected chi connectivity index (χ2v) is 6.95. The molecule has 1 aliphatic heterocycles. The van der Waals surface area contributed by atoms with Crippen LogP contribution in [0.25, 0.3) is 0 Å². The first-order valence-corrected chi connectivity index (χ1v) is 8.89. The molecular formula is C20H25NO5. The molecule has 0 radical (unpaired) electrons. The minimum absolute atomic E-state index is 0.112. The highest BCUT2D eigenvalue weighted by Gasteiger charge is 2.48. The van der Waals surface area contributed by atoms with Gasteiger partial charge in [-0.2, -0.15) is 0 Å². The van der Waals surface area contributed by atoms with Crippen LogP contribution in [-0.4, -0.2) is 42.6 Å². The predicted octanol–water partition coefficient (Wildman–Crippen LogP) is 2.74. The number of carboxylic acid groups (broad SMARTS) is 1. The van der Waals surface area contributed by atoms with E-state index in [2.05, 4.69) is 6.58 Å². The minimum atomic E-state index is -0.759. The molecule has 6 heteroatoms. The first-order valence-electron chi connectivity index (χ1n) is 8.89. The Hall–Kier alpha value is -2.50. The van der Waals surface area contributed by atoms with Crippen molar-refractivity contribution in [3.05, 3.63) is 35.9 Å². The molecule has 1 aromatic carbocycles. The topological polar surface area (TPSA) is 76.1 Å². The lowest BCUT2D eigenvalue weighted by Gasteiger charge is -2.51. The van der Waals surface area contributed by atoms with Gasteiger partial charge >= 0.3 is 5.97 Å². The van der Waals surface area contributed by atoms with Gasteiger partial charge in [-0.1, -0.05) is 6.58 Å². The number of carbonyl (C=O) groups excluding carboxylic acids is 1. The van der Waals surface area contributed by atoms with Gasteiger partial charge in [0.1, 0.15) is 0 Å². The zero-order valence-corrected chi connectivity index (χ0v) is 15.3. The van der Waals surface area contributed by atoms with Crippen LogP contribution >= 0.6 is 0 Å². The van der Waals surface area contributed by atoms with Crippen molar-refractivity contribution in [1.29, 1.82) is 0 Å². The van der Waals surface area contributed by atoms with E-state index in [4.69, 9.17) is 9.47 Å². The number of fused-ring (bicyclic) bond motifs is 2. The zero-order valence-electron chi connectivity index (χ0n) is 15.3. The summed E-state index contributed by atoms with van der Waals surface area (Å²) in [5.41, 5.74) is 1.66. The standard InChI is InChI=1S/C20H25NO5/c1-4-18(22)21-10-7-14-11-16(25-2)17(26-3)12-15(14)20(21)8-5-13(6-9-20)19(23)24/h4,11-13H,1,5-10H2,2-3H3,(H,23,24)/t13-,20-. The van der Waals surface area contributed by atoms with Crippen molar-refractivity contribution in [2.75, 3.05) is 20.8 Å². The van der Waals surface area contributed by atoms with Crippen molar-refractivity contribution in [3.8, 4) is 11.5 Å². The Labute approximate surface area is 153 Å². The summed E-state index contributed by atoms with van der Waals surface area (Å²) in [7, 11) is 3.20. The highest BCUT2D eigenvalue weighted by molar-refractivity contribution is 5.88. The van der Waals surface area contributed by atoms with E-state index in [1.807, 2.05) is 17.0 Å². The van der Waals surface area contributed by atoms with E-state index in [0.717, 1.165) is 17.5 Å². The molecule has 2 aliphatic rings. The van der Waals surface area contributed by atoms with E-state index < -0.39 is 11.5 Å². The molecule has 1 N–H and O–H groups in total. The lowest BCUT2D eigenvalue weighted by Crippen LogP contribution is -2.55. The van der Waals surface area contributed by atoms with Crippen LogP contribution in [0.4, 0.5) is 0 Å². The summed E-state index contributed by atoms with van der Waals surface area (Å²) in [5, 5.41) is 9.36. The van der Waals surface area contributed by atoms with Crippen molar-refractivity contribution in [3.63, 3.8) is 0 Å². The van der Waals surface area contributed by atoms with Gasteiger partial charge in [-0.15, -0.1) is 0 Å². The molecule has 1 heterocycles. The second-order valence-electron chi connectivity index (χ2n) is 6.95. The molecular weight excluding hydrogens is 334 g/mol. The largest absolute Gasteiger partial charge is 0.493 e. The number of hydrogen-bond donors (Lipinski definition) is 1. The molecule has 1 fully saturated rings. The number of aliphatic carboxylic acids is 1. The van der Waals surface area contributed by atoms with Gasteiger partial charge in [0, 0.05) is 6.54 Å². The summed E-state index contributed by atoms with van der Waals surface area (Å²) < 4.78 is 10.9. The summed E-state index contributed by atoms with van der Waals surface area (Å²) >= 11 is 0. The Morgan fingerprint density at radius 1 is 1.23 bits per heavy atom. The monoisotopic (exact) mass is 359 g/mol. The highest BCUT2D eigenvalue weighted by atomic mass is 16.5. The first-order chi connectivity index (χ1) is 12.5. The Balaban J connectivity index is 2.10. The maximum Gasteiger partial charge on any atom is 0.306 e. The van der Waals surface area contributed by atoms with Crippen LogP contribution in [0.1, 0.15) is 36.8 Å². The lowest BCUT2D eigenvalue weighted by molar-refractivity contribution is -0.145. The van der Waals surface area contributed by atoms with E-state index in [-0.39, 0.29) is 11.8 Å². The third-order valence-electron chi connectivity index (χ3n) is 5.83. The molecule has 0 unspecified atom stereocenters. The van der Waals surface area contributed by atoms with E-state index in [9.17, 15) is 14.7 Å². The average molecular weight is 359 g/mol. The van der Waals surface area contributed by atoms with Crippen LogP contribution in [0.2, 0.25) is 0 Å². The van der Waals surface area contributed by atoms with Crippen molar-refractivity contribution < 1.29 is 24.2 Å². The smallest absolute Gasteiger partial charge is 0.306 e. The van der Waals surface area contributed by atoms with E-state index in [1.54, 1.807) is 14.2 Å². The van der Waals surface area contributed by atoms with E-state index >= 15 is 0 Å². The number of amides is 1. The predicted molar refractivity (Wildman–Crippen MR) is 96.4 cm³/mol. The quantitative estimate of drug-likeness (QED) is 0.837. The molecule has 0 atom stereocenters. The Bertz CT molecular complexity index is 734. The summed E-state index contributed by atoms with van der Waals surface area (Å²) in [6.45, 7) is 4.23. The van der Waals surface area contributed by atoms with Gasteiger partial charge in [0.2, 0.25) is 5.91 Å². The molecule has 6 nitrogen and oxygen atoms in total. The first kappa shape index (κ1) is 18.3. The minimum Gasteiger partial charge on any atom is -0.493 e. The summed E-state index contributed by atoms with van der Waals surface area (Å²) in [6.07, 6.45) is 4.39. The summed E-state index contributed by atoms with van der Waals surface area (Å²) in [4.78, 5) is 25.8. The number of carbonyl (C=O) groups is 2. The molecule has 0 aromatic heterocycles. The van der Waals surface area contributed by atoms with Gasteiger partial charge in [-0.3, -0.25) is 9.59 Å². The molecule has 1 saturated carbocycles. The van der Waals surface area contributed by atoms with Crippen LogP contribution in [0, 0.1) is 5.92 Å². The van der Waals surface area contributed by atoms with Crippen LogP contribution < -0.4 is 9.47 Å². The third-order valence-corrected chi connectivity index (χ3v) is 5.83. The van der Waals surface area contributed by atoms with Gasteiger partial charge in [0.05, 0.1) is 25.7 Å². The molecule has 140 valence electrons. The van der Waals surface area contributed by atoms with Gasteiger partial charge in [-0.25, -0.2) is 0 Å². The lowest BCUT2D eigenvalue weighted by atomic mass is 9.68. The fourth-order valence-electron chi connectivity index (χ4n) is 4.47. The Morgan fingerprint density at radius 3 is 2.38 bits per heavy atom. The number of ether oxygens (including phenoxy) is 2. The molecule has 0 bridgehead atoms. The van der Waals surface area contributed by atoms with Crippen molar-refractivity contribution in [2.24, 2.45) is 5.92 Å². The van der Waals surface area contributed by atoms with Crippen molar-refractivity contribution in [2.45, 2.75) is 37.6 Å². The number of methoxy groups -OCH3 is 2. The fourth-order valence-corrected chi connectivity index (χ4v) is 4.47. The van der Waals surface area contributed by atoms with Crippen LogP contribution in [0.3, 0.4) is 0 Å². The molecule has 1 spiro atoms. The normalized spacial score (nSPS) is 24.7. The van der Waals surface area contributed by atoms with Gasteiger partial charge in [0.25, 0.3) is 0 Å². The van der Waals surface area contributed by atoms with Crippen LogP contribution in [-0.2, 0) is 21.5 Å². The second kappa shape index (κ2) is 7.02. The van der Waals surface area contributed by atoms with Crippen molar-refractivity contribution in [1.82, 2.24) is 4.90 Å². The summed E-state index contributed by atoms with van der Waals surface area (Å²) in [5.74, 6) is 0.0684. The number of benzene rings is 1. The maximum absolute atomic E-state index is 12.6. The number of rotatable bonds is 4. The number of nitrogens with zero attached hydrogens (tertiary/aromatic N) is 1. The fraction of sp³-hybridized carbons (Fsp3) is 0.500.